The van der Waals surface area contributed by atoms with Crippen molar-refractivity contribution in [2.45, 2.75) is 20.4 Å². The molecule has 0 aliphatic carbocycles. The highest BCUT2D eigenvalue weighted by atomic mass is 16.4. The van der Waals surface area contributed by atoms with Crippen molar-refractivity contribution in [3.05, 3.63) is 30.1 Å². The lowest BCUT2D eigenvalue weighted by molar-refractivity contribution is 0.0697. The van der Waals surface area contributed by atoms with Gasteiger partial charge in [0.05, 0.1) is 22.9 Å². The molecule has 1 aromatic heterocycles. The molecule has 84 valence electrons. The summed E-state index contributed by atoms with van der Waals surface area (Å²) >= 11 is 0. The van der Waals surface area contributed by atoms with Gasteiger partial charge in [0, 0.05) is 6.54 Å². The fourth-order valence-corrected chi connectivity index (χ4v) is 1.74. The predicted octanol–water partition coefficient (Wildman–Crippen LogP) is 2.39. The van der Waals surface area contributed by atoms with Gasteiger partial charge < -0.3 is 9.67 Å². The minimum absolute atomic E-state index is 0.280. The summed E-state index contributed by atoms with van der Waals surface area (Å²) in [6.07, 6.45) is 1.76. The van der Waals surface area contributed by atoms with Crippen LogP contribution in [0, 0.1) is 5.92 Å². The molecule has 0 saturated carbocycles. The molecule has 0 atom stereocenters. The van der Waals surface area contributed by atoms with E-state index in [1.165, 1.54) is 0 Å². The van der Waals surface area contributed by atoms with Gasteiger partial charge in [-0.3, -0.25) is 0 Å². The summed E-state index contributed by atoms with van der Waals surface area (Å²) in [4.78, 5) is 15.0. The lowest BCUT2D eigenvalue weighted by Gasteiger charge is -2.06. The highest BCUT2D eigenvalue weighted by Gasteiger charge is 2.08. The first-order chi connectivity index (χ1) is 7.58. The summed E-state index contributed by atoms with van der Waals surface area (Å²) in [5, 5.41) is 8.86. The van der Waals surface area contributed by atoms with E-state index in [1.807, 2.05) is 10.6 Å². The lowest BCUT2D eigenvalue weighted by Crippen LogP contribution is -2.02. The molecule has 1 aromatic carbocycles. The highest BCUT2D eigenvalue weighted by Crippen LogP contribution is 2.16. The van der Waals surface area contributed by atoms with Gasteiger partial charge in [-0.1, -0.05) is 13.8 Å². The standard InChI is InChI=1S/C12H14N2O2/c1-8(2)6-14-7-13-10-5-9(12(15)16)3-4-11(10)14/h3-5,7-8H,6H2,1-2H3,(H,15,16). The Morgan fingerprint density at radius 2 is 2.25 bits per heavy atom. The lowest BCUT2D eigenvalue weighted by atomic mass is 10.2. The van der Waals surface area contributed by atoms with Crippen molar-refractivity contribution in [1.29, 1.82) is 0 Å². The predicted molar refractivity (Wildman–Crippen MR) is 61.5 cm³/mol. The first-order valence-electron chi connectivity index (χ1n) is 5.26. The van der Waals surface area contributed by atoms with Gasteiger partial charge in [0.1, 0.15) is 0 Å². The number of aromatic nitrogens is 2. The SMILES string of the molecule is CC(C)Cn1cnc2cc(C(=O)O)ccc21. The van der Waals surface area contributed by atoms with Gasteiger partial charge in [-0.15, -0.1) is 0 Å². The van der Waals surface area contributed by atoms with Gasteiger partial charge in [0.25, 0.3) is 0 Å². The Balaban J connectivity index is 2.46. The van der Waals surface area contributed by atoms with E-state index in [-0.39, 0.29) is 5.56 Å². The van der Waals surface area contributed by atoms with Crippen molar-refractivity contribution in [2.75, 3.05) is 0 Å². The second-order valence-corrected chi connectivity index (χ2v) is 4.30. The van der Waals surface area contributed by atoms with E-state index in [0.29, 0.717) is 5.92 Å². The van der Waals surface area contributed by atoms with Crippen LogP contribution in [0.2, 0.25) is 0 Å². The molecule has 0 saturated heterocycles. The zero-order valence-electron chi connectivity index (χ0n) is 9.34. The van der Waals surface area contributed by atoms with Crippen LogP contribution in [0.5, 0.6) is 0 Å². The molecular weight excluding hydrogens is 204 g/mol. The smallest absolute Gasteiger partial charge is 0.335 e. The van der Waals surface area contributed by atoms with Gasteiger partial charge in [-0.25, -0.2) is 9.78 Å². The molecule has 0 radical (unpaired) electrons. The Morgan fingerprint density at radius 1 is 1.50 bits per heavy atom. The number of hydrogen-bond donors (Lipinski definition) is 1. The summed E-state index contributed by atoms with van der Waals surface area (Å²) in [6, 6.07) is 5.03. The molecule has 0 aliphatic rings. The van der Waals surface area contributed by atoms with Gasteiger partial charge in [-0.2, -0.15) is 0 Å². The number of nitrogens with zero attached hydrogens (tertiary/aromatic N) is 2. The van der Waals surface area contributed by atoms with Crippen LogP contribution in [0.3, 0.4) is 0 Å². The van der Waals surface area contributed by atoms with E-state index in [2.05, 4.69) is 18.8 Å². The number of aromatic carboxylic acids is 1. The third-order valence-electron chi connectivity index (χ3n) is 2.43. The highest BCUT2D eigenvalue weighted by molar-refractivity contribution is 5.92. The molecule has 4 heteroatoms. The number of benzene rings is 1. The summed E-state index contributed by atoms with van der Waals surface area (Å²) in [5.41, 5.74) is 2.00. The van der Waals surface area contributed by atoms with E-state index in [4.69, 9.17) is 5.11 Å². The fourth-order valence-electron chi connectivity index (χ4n) is 1.74. The summed E-state index contributed by atoms with van der Waals surface area (Å²) in [7, 11) is 0. The number of hydrogen-bond acceptors (Lipinski definition) is 2. The van der Waals surface area contributed by atoms with Crippen LogP contribution in [0.1, 0.15) is 24.2 Å². The van der Waals surface area contributed by atoms with E-state index in [1.54, 1.807) is 18.5 Å². The number of imidazole rings is 1. The van der Waals surface area contributed by atoms with E-state index in [9.17, 15) is 4.79 Å². The second kappa shape index (κ2) is 3.96. The fraction of sp³-hybridized carbons (Fsp3) is 0.333. The van der Waals surface area contributed by atoms with Crippen LogP contribution in [0.4, 0.5) is 0 Å². The largest absolute Gasteiger partial charge is 0.478 e. The van der Waals surface area contributed by atoms with Gasteiger partial charge in [-0.05, 0) is 24.1 Å². The number of carboxylic acid groups (broad SMARTS) is 1. The van der Waals surface area contributed by atoms with Crippen molar-refractivity contribution in [3.8, 4) is 0 Å². The molecule has 16 heavy (non-hydrogen) atoms. The first kappa shape index (κ1) is 10.7. The number of carboxylic acids is 1. The van der Waals surface area contributed by atoms with Gasteiger partial charge in [0.2, 0.25) is 0 Å². The molecule has 1 heterocycles. The Hall–Kier alpha value is -1.84. The average molecular weight is 218 g/mol. The normalized spacial score (nSPS) is 11.2. The second-order valence-electron chi connectivity index (χ2n) is 4.30. The molecule has 4 nitrogen and oxygen atoms in total. The quantitative estimate of drug-likeness (QED) is 0.860. The third-order valence-corrected chi connectivity index (χ3v) is 2.43. The molecule has 2 rings (SSSR count). The molecule has 2 aromatic rings. The van der Waals surface area contributed by atoms with Crippen molar-refractivity contribution in [2.24, 2.45) is 5.92 Å². The van der Waals surface area contributed by atoms with E-state index >= 15 is 0 Å². The summed E-state index contributed by atoms with van der Waals surface area (Å²) in [5.74, 6) is -0.378. The minimum Gasteiger partial charge on any atom is -0.478 e. The maximum Gasteiger partial charge on any atom is 0.335 e. The molecule has 1 N–H and O–H groups in total. The molecule has 0 unspecified atom stereocenters. The zero-order valence-corrected chi connectivity index (χ0v) is 9.34. The van der Waals surface area contributed by atoms with E-state index in [0.717, 1.165) is 17.6 Å². The van der Waals surface area contributed by atoms with Crippen LogP contribution in [0.15, 0.2) is 24.5 Å². The average Bonchev–Trinajstić information content (AvgIpc) is 2.60. The Kier molecular flexibility index (Phi) is 2.64. The van der Waals surface area contributed by atoms with Crippen LogP contribution in [0.25, 0.3) is 11.0 Å². The van der Waals surface area contributed by atoms with Gasteiger partial charge in [0.15, 0.2) is 0 Å². The molecular formula is C12H14N2O2. The van der Waals surface area contributed by atoms with Crippen LogP contribution in [-0.2, 0) is 6.54 Å². The minimum atomic E-state index is -0.916. The van der Waals surface area contributed by atoms with Crippen molar-refractivity contribution in [1.82, 2.24) is 9.55 Å². The Morgan fingerprint density at radius 3 is 2.88 bits per heavy atom. The van der Waals surface area contributed by atoms with Crippen molar-refractivity contribution < 1.29 is 9.90 Å². The summed E-state index contributed by atoms with van der Waals surface area (Å²) in [6.45, 7) is 5.16. The molecule has 0 bridgehead atoms. The van der Waals surface area contributed by atoms with Gasteiger partial charge >= 0.3 is 5.97 Å². The van der Waals surface area contributed by atoms with Crippen LogP contribution < -0.4 is 0 Å². The molecule has 0 amide bonds. The van der Waals surface area contributed by atoms with Crippen LogP contribution >= 0.6 is 0 Å². The first-order valence-corrected chi connectivity index (χ1v) is 5.26. The zero-order chi connectivity index (χ0) is 11.7. The summed E-state index contributed by atoms with van der Waals surface area (Å²) < 4.78 is 2.05. The third kappa shape index (κ3) is 1.91. The molecule has 0 spiro atoms. The maximum atomic E-state index is 10.8. The molecule has 0 aliphatic heterocycles. The monoisotopic (exact) mass is 218 g/mol. The topological polar surface area (TPSA) is 55.1 Å². The number of fused-ring (bicyclic) bond motifs is 1. The Labute approximate surface area is 93.5 Å². The molecule has 0 fully saturated rings. The Bertz CT molecular complexity index is 529. The van der Waals surface area contributed by atoms with Crippen molar-refractivity contribution >= 4 is 17.0 Å². The van der Waals surface area contributed by atoms with E-state index < -0.39 is 5.97 Å². The number of rotatable bonds is 3. The number of carbonyl (C=O) groups is 1. The van der Waals surface area contributed by atoms with Crippen molar-refractivity contribution in [3.63, 3.8) is 0 Å². The maximum absolute atomic E-state index is 10.8. The van der Waals surface area contributed by atoms with Crippen LogP contribution in [-0.4, -0.2) is 20.6 Å².